The molecule has 0 aromatic heterocycles. The van der Waals surface area contributed by atoms with Crippen molar-refractivity contribution in [1.82, 2.24) is 0 Å². The van der Waals surface area contributed by atoms with Crippen LogP contribution in [0.3, 0.4) is 0 Å². The van der Waals surface area contributed by atoms with Crippen LogP contribution in [0.2, 0.25) is 0 Å². The molecule has 0 unspecified atom stereocenters. The standard InChI is InChI=1S/C23H22N2O2/c1-15-6-4-7-18(11-15)22(26)24-20-8-5-9-21(14-20)25-23(27)19-12-16(2)10-17(3)13-19/h4-14H,1-3H3,(H,24,26)(H,25,27). The molecule has 0 radical (unpaired) electrons. The lowest BCUT2D eigenvalue weighted by Crippen LogP contribution is -2.14. The largest absolute Gasteiger partial charge is 0.322 e. The number of hydrogen-bond acceptors (Lipinski definition) is 2. The van der Waals surface area contributed by atoms with Crippen LogP contribution in [0.5, 0.6) is 0 Å². The van der Waals surface area contributed by atoms with E-state index in [4.69, 9.17) is 0 Å². The Morgan fingerprint density at radius 1 is 0.593 bits per heavy atom. The van der Waals surface area contributed by atoms with Crippen molar-refractivity contribution in [3.63, 3.8) is 0 Å². The van der Waals surface area contributed by atoms with E-state index in [2.05, 4.69) is 10.6 Å². The first-order valence-electron chi connectivity index (χ1n) is 8.78. The van der Waals surface area contributed by atoms with Crippen molar-refractivity contribution in [2.24, 2.45) is 0 Å². The summed E-state index contributed by atoms with van der Waals surface area (Å²) in [5, 5.41) is 5.75. The Labute approximate surface area is 159 Å². The highest BCUT2D eigenvalue weighted by atomic mass is 16.2. The minimum Gasteiger partial charge on any atom is -0.322 e. The van der Waals surface area contributed by atoms with Gasteiger partial charge in [0.05, 0.1) is 0 Å². The summed E-state index contributed by atoms with van der Waals surface area (Å²) >= 11 is 0. The topological polar surface area (TPSA) is 58.2 Å². The molecule has 0 saturated heterocycles. The summed E-state index contributed by atoms with van der Waals surface area (Å²) in [5.74, 6) is -0.361. The van der Waals surface area contributed by atoms with Gasteiger partial charge < -0.3 is 10.6 Å². The predicted molar refractivity (Wildman–Crippen MR) is 109 cm³/mol. The molecule has 0 aliphatic carbocycles. The lowest BCUT2D eigenvalue weighted by Gasteiger charge is -2.10. The third-order valence-electron chi connectivity index (χ3n) is 4.14. The Hall–Kier alpha value is -3.40. The molecular formula is C23H22N2O2. The second kappa shape index (κ2) is 7.87. The highest BCUT2D eigenvalue weighted by Crippen LogP contribution is 2.18. The molecule has 3 aromatic carbocycles. The molecule has 3 aromatic rings. The van der Waals surface area contributed by atoms with Gasteiger partial charge in [0.2, 0.25) is 0 Å². The fraction of sp³-hybridized carbons (Fsp3) is 0.130. The quantitative estimate of drug-likeness (QED) is 0.680. The number of aryl methyl sites for hydroxylation is 3. The van der Waals surface area contributed by atoms with Gasteiger partial charge in [-0.3, -0.25) is 9.59 Å². The predicted octanol–water partition coefficient (Wildman–Crippen LogP) is 5.12. The average Bonchev–Trinajstić information content (AvgIpc) is 2.61. The maximum absolute atomic E-state index is 12.5. The molecular weight excluding hydrogens is 336 g/mol. The van der Waals surface area contributed by atoms with Crippen LogP contribution in [0.15, 0.2) is 66.7 Å². The molecule has 0 heterocycles. The zero-order valence-electron chi connectivity index (χ0n) is 15.7. The van der Waals surface area contributed by atoms with Gasteiger partial charge in [-0.05, 0) is 63.2 Å². The van der Waals surface area contributed by atoms with Crippen molar-refractivity contribution < 1.29 is 9.59 Å². The summed E-state index contributed by atoms with van der Waals surface area (Å²) < 4.78 is 0. The Balaban J connectivity index is 1.73. The number of amides is 2. The highest BCUT2D eigenvalue weighted by Gasteiger charge is 2.09. The SMILES string of the molecule is Cc1cccc(C(=O)Nc2cccc(NC(=O)c3cc(C)cc(C)c3)c2)c1. The number of rotatable bonds is 4. The van der Waals surface area contributed by atoms with E-state index in [1.165, 1.54) is 0 Å². The van der Waals surface area contributed by atoms with Crippen LogP contribution in [0, 0.1) is 20.8 Å². The van der Waals surface area contributed by atoms with Crippen LogP contribution in [-0.2, 0) is 0 Å². The zero-order chi connectivity index (χ0) is 19.4. The Bertz CT molecular complexity index is 989. The van der Waals surface area contributed by atoms with E-state index in [0.29, 0.717) is 22.5 Å². The fourth-order valence-corrected chi connectivity index (χ4v) is 2.97. The minimum atomic E-state index is -0.184. The van der Waals surface area contributed by atoms with Crippen molar-refractivity contribution in [2.45, 2.75) is 20.8 Å². The average molecular weight is 358 g/mol. The number of carbonyl (C=O) groups is 2. The van der Waals surface area contributed by atoms with E-state index < -0.39 is 0 Å². The first-order chi connectivity index (χ1) is 12.9. The van der Waals surface area contributed by atoms with Crippen LogP contribution in [-0.4, -0.2) is 11.8 Å². The number of nitrogens with one attached hydrogen (secondary N) is 2. The van der Waals surface area contributed by atoms with Gasteiger partial charge >= 0.3 is 0 Å². The number of anilines is 2. The lowest BCUT2D eigenvalue weighted by molar-refractivity contribution is 0.101. The van der Waals surface area contributed by atoms with Gasteiger partial charge in [-0.1, -0.05) is 41.0 Å². The number of benzene rings is 3. The van der Waals surface area contributed by atoms with E-state index in [1.54, 1.807) is 30.3 Å². The van der Waals surface area contributed by atoms with Crippen molar-refractivity contribution in [1.29, 1.82) is 0 Å². The van der Waals surface area contributed by atoms with Gasteiger partial charge in [0.1, 0.15) is 0 Å². The first-order valence-corrected chi connectivity index (χ1v) is 8.78. The van der Waals surface area contributed by atoms with E-state index in [-0.39, 0.29) is 11.8 Å². The molecule has 3 rings (SSSR count). The smallest absolute Gasteiger partial charge is 0.255 e. The molecule has 0 aliphatic heterocycles. The molecule has 2 N–H and O–H groups in total. The van der Waals surface area contributed by atoms with Gasteiger partial charge in [-0.2, -0.15) is 0 Å². The zero-order valence-corrected chi connectivity index (χ0v) is 15.7. The third kappa shape index (κ3) is 4.82. The second-order valence-corrected chi connectivity index (χ2v) is 6.73. The first kappa shape index (κ1) is 18.4. The molecule has 4 heteroatoms. The highest BCUT2D eigenvalue weighted by molar-refractivity contribution is 6.06. The normalized spacial score (nSPS) is 10.3. The summed E-state index contributed by atoms with van der Waals surface area (Å²) in [6.45, 7) is 5.87. The number of hydrogen-bond donors (Lipinski definition) is 2. The summed E-state index contributed by atoms with van der Waals surface area (Å²) in [4.78, 5) is 24.9. The maximum Gasteiger partial charge on any atom is 0.255 e. The molecule has 0 saturated carbocycles. The Kier molecular flexibility index (Phi) is 5.36. The molecule has 0 bridgehead atoms. The summed E-state index contributed by atoms with van der Waals surface area (Å²) in [6, 6.07) is 20.3. The van der Waals surface area contributed by atoms with Gasteiger partial charge in [0.25, 0.3) is 11.8 Å². The van der Waals surface area contributed by atoms with Crippen LogP contribution < -0.4 is 10.6 Å². The molecule has 0 fully saturated rings. The molecule has 0 spiro atoms. The Morgan fingerprint density at radius 2 is 1.11 bits per heavy atom. The summed E-state index contributed by atoms with van der Waals surface area (Å²) in [7, 11) is 0. The van der Waals surface area contributed by atoms with Crippen LogP contribution in [0.4, 0.5) is 11.4 Å². The van der Waals surface area contributed by atoms with E-state index >= 15 is 0 Å². The van der Waals surface area contributed by atoms with Crippen molar-refractivity contribution in [3.05, 3.63) is 94.5 Å². The summed E-state index contributed by atoms with van der Waals surface area (Å²) in [5.41, 5.74) is 5.57. The third-order valence-corrected chi connectivity index (χ3v) is 4.14. The van der Waals surface area contributed by atoms with Gasteiger partial charge in [0, 0.05) is 22.5 Å². The molecule has 0 atom stereocenters. The molecule has 0 aliphatic rings. The molecule has 4 nitrogen and oxygen atoms in total. The van der Waals surface area contributed by atoms with Gasteiger partial charge in [0.15, 0.2) is 0 Å². The van der Waals surface area contributed by atoms with Crippen molar-refractivity contribution in [3.8, 4) is 0 Å². The summed E-state index contributed by atoms with van der Waals surface area (Å²) in [6.07, 6.45) is 0. The monoisotopic (exact) mass is 358 g/mol. The van der Waals surface area contributed by atoms with Crippen LogP contribution >= 0.6 is 0 Å². The lowest BCUT2D eigenvalue weighted by atomic mass is 10.1. The van der Waals surface area contributed by atoms with Crippen LogP contribution in [0.25, 0.3) is 0 Å². The van der Waals surface area contributed by atoms with Crippen molar-refractivity contribution >= 4 is 23.2 Å². The van der Waals surface area contributed by atoms with Gasteiger partial charge in [-0.25, -0.2) is 0 Å². The molecule has 2 amide bonds. The van der Waals surface area contributed by atoms with E-state index in [0.717, 1.165) is 16.7 Å². The minimum absolute atomic E-state index is 0.177. The number of carbonyl (C=O) groups excluding carboxylic acids is 2. The molecule has 136 valence electrons. The fourth-order valence-electron chi connectivity index (χ4n) is 2.97. The van der Waals surface area contributed by atoms with E-state index in [9.17, 15) is 9.59 Å². The van der Waals surface area contributed by atoms with Crippen LogP contribution in [0.1, 0.15) is 37.4 Å². The Morgan fingerprint density at radius 3 is 1.70 bits per heavy atom. The second-order valence-electron chi connectivity index (χ2n) is 6.73. The maximum atomic E-state index is 12.5. The van der Waals surface area contributed by atoms with Gasteiger partial charge in [-0.15, -0.1) is 0 Å². The van der Waals surface area contributed by atoms with Crippen molar-refractivity contribution in [2.75, 3.05) is 10.6 Å². The van der Waals surface area contributed by atoms with E-state index in [1.807, 2.05) is 57.2 Å². The molecule has 27 heavy (non-hydrogen) atoms.